The minimum Gasteiger partial charge on any atom is -0.505 e. The Hall–Kier alpha value is -2.21. The van der Waals surface area contributed by atoms with Gasteiger partial charge < -0.3 is 16.2 Å². The Balaban J connectivity index is 2.09. The Morgan fingerprint density at radius 3 is 2.76 bits per heavy atom. The van der Waals surface area contributed by atoms with Crippen LogP contribution in [-0.4, -0.2) is 16.8 Å². The van der Waals surface area contributed by atoms with Crippen molar-refractivity contribution in [2.45, 2.75) is 11.4 Å². The number of carbonyl (C=O) groups excluding carboxylic acids is 1. The Morgan fingerprint density at radius 1 is 1.24 bits per heavy atom. The third-order valence-corrected chi connectivity index (χ3v) is 3.89. The van der Waals surface area contributed by atoms with Gasteiger partial charge in [-0.25, -0.2) is 4.39 Å². The van der Waals surface area contributed by atoms with Crippen LogP contribution in [-0.2, 0) is 11.3 Å². The van der Waals surface area contributed by atoms with Crippen molar-refractivity contribution in [3.05, 3.63) is 53.8 Å². The second-order valence-electron chi connectivity index (χ2n) is 4.35. The van der Waals surface area contributed by atoms with Gasteiger partial charge in [0.1, 0.15) is 0 Å². The van der Waals surface area contributed by atoms with E-state index in [1.807, 2.05) is 24.3 Å². The lowest BCUT2D eigenvalue weighted by Crippen LogP contribution is -2.13. The van der Waals surface area contributed by atoms with E-state index in [0.29, 0.717) is 5.56 Å². The van der Waals surface area contributed by atoms with Gasteiger partial charge in [0.15, 0.2) is 11.6 Å². The SMILES string of the molecule is NC(=O)CSc1ccccc1NCc1cccc(F)c1O. The van der Waals surface area contributed by atoms with E-state index in [9.17, 15) is 14.3 Å². The van der Waals surface area contributed by atoms with Crippen molar-refractivity contribution in [2.24, 2.45) is 5.73 Å². The predicted octanol–water partition coefficient (Wildman–Crippen LogP) is 2.72. The van der Waals surface area contributed by atoms with E-state index in [1.165, 1.54) is 17.8 Å². The van der Waals surface area contributed by atoms with Gasteiger partial charge in [-0.15, -0.1) is 11.8 Å². The quantitative estimate of drug-likeness (QED) is 0.717. The van der Waals surface area contributed by atoms with Gasteiger partial charge in [-0.3, -0.25) is 4.79 Å². The number of rotatable bonds is 6. The average molecular weight is 306 g/mol. The number of anilines is 1. The number of amides is 1. The van der Waals surface area contributed by atoms with Gasteiger partial charge in [0.2, 0.25) is 5.91 Å². The molecule has 0 aliphatic carbocycles. The van der Waals surface area contributed by atoms with Gasteiger partial charge in [0.25, 0.3) is 0 Å². The first-order chi connectivity index (χ1) is 10.1. The molecule has 0 radical (unpaired) electrons. The third kappa shape index (κ3) is 4.13. The Bertz CT molecular complexity index is 649. The first-order valence-electron chi connectivity index (χ1n) is 6.28. The molecule has 0 heterocycles. The van der Waals surface area contributed by atoms with Crippen molar-refractivity contribution in [3.8, 4) is 5.75 Å². The predicted molar refractivity (Wildman–Crippen MR) is 81.8 cm³/mol. The lowest BCUT2D eigenvalue weighted by atomic mass is 10.2. The van der Waals surface area contributed by atoms with Crippen molar-refractivity contribution in [1.82, 2.24) is 0 Å². The Kier molecular flexibility index (Phi) is 5.05. The summed E-state index contributed by atoms with van der Waals surface area (Å²) in [5.74, 6) is -1.21. The van der Waals surface area contributed by atoms with E-state index in [0.717, 1.165) is 10.6 Å². The largest absolute Gasteiger partial charge is 0.505 e. The number of nitrogens with two attached hydrogens (primary N) is 1. The molecule has 0 spiro atoms. The number of benzene rings is 2. The molecule has 0 aromatic heterocycles. The number of hydrogen-bond donors (Lipinski definition) is 3. The van der Waals surface area contributed by atoms with Crippen LogP contribution in [0.5, 0.6) is 5.75 Å². The van der Waals surface area contributed by atoms with E-state index >= 15 is 0 Å². The van der Waals surface area contributed by atoms with Crippen LogP contribution in [0, 0.1) is 5.82 Å². The topological polar surface area (TPSA) is 75.4 Å². The molecule has 0 aliphatic rings. The highest BCUT2D eigenvalue weighted by molar-refractivity contribution is 8.00. The van der Waals surface area contributed by atoms with Crippen LogP contribution >= 0.6 is 11.8 Å². The minimum atomic E-state index is -0.648. The number of thioether (sulfide) groups is 1. The molecule has 0 aliphatic heterocycles. The highest BCUT2D eigenvalue weighted by Crippen LogP contribution is 2.28. The second kappa shape index (κ2) is 6.99. The number of phenolic OH excluding ortho intramolecular Hbond substituents is 1. The number of hydrogen-bond acceptors (Lipinski definition) is 4. The summed E-state index contributed by atoms with van der Waals surface area (Å²) in [5, 5.41) is 12.8. The average Bonchev–Trinajstić information content (AvgIpc) is 2.47. The zero-order chi connectivity index (χ0) is 15.2. The summed E-state index contributed by atoms with van der Waals surface area (Å²) >= 11 is 1.32. The van der Waals surface area contributed by atoms with Gasteiger partial charge in [-0.2, -0.15) is 0 Å². The van der Waals surface area contributed by atoms with E-state index in [4.69, 9.17) is 5.73 Å². The van der Waals surface area contributed by atoms with Crippen LogP contribution in [0.1, 0.15) is 5.56 Å². The summed E-state index contributed by atoms with van der Waals surface area (Å²) in [6, 6.07) is 11.8. The molecular weight excluding hydrogens is 291 g/mol. The molecule has 4 N–H and O–H groups in total. The first-order valence-corrected chi connectivity index (χ1v) is 7.27. The van der Waals surface area contributed by atoms with Crippen LogP contribution < -0.4 is 11.1 Å². The highest BCUT2D eigenvalue weighted by atomic mass is 32.2. The molecule has 0 fully saturated rings. The van der Waals surface area contributed by atoms with E-state index in [1.54, 1.807) is 12.1 Å². The lowest BCUT2D eigenvalue weighted by Gasteiger charge is -2.12. The van der Waals surface area contributed by atoms with Crippen LogP contribution in [0.3, 0.4) is 0 Å². The number of para-hydroxylation sites is 2. The summed E-state index contributed by atoms with van der Waals surface area (Å²) in [6.45, 7) is 0.276. The molecule has 0 atom stereocenters. The molecule has 0 bridgehead atoms. The van der Waals surface area contributed by atoms with Crippen LogP contribution in [0.15, 0.2) is 47.4 Å². The fourth-order valence-corrected chi connectivity index (χ4v) is 2.55. The van der Waals surface area contributed by atoms with Crippen molar-refractivity contribution in [1.29, 1.82) is 0 Å². The molecule has 4 nitrogen and oxygen atoms in total. The number of primary amides is 1. The zero-order valence-electron chi connectivity index (χ0n) is 11.2. The molecule has 0 unspecified atom stereocenters. The molecule has 6 heteroatoms. The molecule has 21 heavy (non-hydrogen) atoms. The zero-order valence-corrected chi connectivity index (χ0v) is 12.0. The smallest absolute Gasteiger partial charge is 0.227 e. The van der Waals surface area contributed by atoms with E-state index in [-0.39, 0.29) is 18.0 Å². The third-order valence-electron chi connectivity index (χ3n) is 2.80. The molecule has 2 rings (SSSR count). The van der Waals surface area contributed by atoms with Crippen molar-refractivity contribution in [3.63, 3.8) is 0 Å². The fraction of sp³-hybridized carbons (Fsp3) is 0.133. The van der Waals surface area contributed by atoms with Crippen LogP contribution in [0.25, 0.3) is 0 Å². The van der Waals surface area contributed by atoms with E-state index < -0.39 is 11.7 Å². The molecule has 110 valence electrons. The molecule has 1 amide bonds. The summed E-state index contributed by atoms with van der Waals surface area (Å²) in [6.07, 6.45) is 0. The lowest BCUT2D eigenvalue weighted by molar-refractivity contribution is -0.115. The Morgan fingerprint density at radius 2 is 2.00 bits per heavy atom. The second-order valence-corrected chi connectivity index (χ2v) is 5.37. The van der Waals surface area contributed by atoms with Gasteiger partial charge in [0, 0.05) is 22.7 Å². The molecule has 0 saturated carbocycles. The number of halogens is 1. The maximum atomic E-state index is 13.3. The van der Waals surface area contributed by atoms with Crippen LogP contribution in [0.2, 0.25) is 0 Å². The van der Waals surface area contributed by atoms with Gasteiger partial charge in [0.05, 0.1) is 5.75 Å². The van der Waals surface area contributed by atoms with E-state index in [2.05, 4.69) is 5.32 Å². The van der Waals surface area contributed by atoms with Crippen molar-refractivity contribution < 1.29 is 14.3 Å². The van der Waals surface area contributed by atoms with Gasteiger partial charge in [-0.05, 0) is 18.2 Å². The maximum Gasteiger partial charge on any atom is 0.227 e. The highest BCUT2D eigenvalue weighted by Gasteiger charge is 2.08. The summed E-state index contributed by atoms with van der Waals surface area (Å²) in [7, 11) is 0. The molecule has 0 saturated heterocycles. The van der Waals surface area contributed by atoms with Crippen molar-refractivity contribution >= 4 is 23.4 Å². The molecular formula is C15H15FN2O2S. The summed E-state index contributed by atoms with van der Waals surface area (Å²) in [5.41, 5.74) is 6.40. The maximum absolute atomic E-state index is 13.3. The van der Waals surface area contributed by atoms with Crippen molar-refractivity contribution in [2.75, 3.05) is 11.1 Å². The monoisotopic (exact) mass is 306 g/mol. The number of aromatic hydroxyl groups is 1. The van der Waals surface area contributed by atoms with Gasteiger partial charge >= 0.3 is 0 Å². The first kappa shape index (κ1) is 15.2. The molecule has 2 aromatic rings. The number of carbonyl (C=O) groups is 1. The minimum absolute atomic E-state index is 0.184. The standard InChI is InChI=1S/C15H15FN2O2S/c16-11-5-3-4-10(15(11)20)8-18-12-6-1-2-7-13(12)21-9-14(17)19/h1-7,18,20H,8-9H2,(H2,17,19). The number of nitrogens with one attached hydrogen (secondary N) is 1. The summed E-state index contributed by atoms with van der Waals surface area (Å²) < 4.78 is 13.3. The van der Waals surface area contributed by atoms with Gasteiger partial charge in [-0.1, -0.05) is 24.3 Å². The fourth-order valence-electron chi connectivity index (χ4n) is 1.78. The summed E-state index contributed by atoms with van der Waals surface area (Å²) in [4.78, 5) is 11.7. The normalized spacial score (nSPS) is 10.3. The Labute approximate surface area is 126 Å². The van der Waals surface area contributed by atoms with Crippen LogP contribution in [0.4, 0.5) is 10.1 Å². The number of phenols is 1. The molecule has 2 aromatic carbocycles.